The molecule has 7 heteroatoms. The Balaban J connectivity index is 2.06. The van der Waals surface area contributed by atoms with Crippen molar-refractivity contribution < 1.29 is 4.79 Å². The van der Waals surface area contributed by atoms with Crippen LogP contribution in [0.4, 0.5) is 10.6 Å². The summed E-state index contributed by atoms with van der Waals surface area (Å²) in [6, 6.07) is 6.91. The van der Waals surface area contributed by atoms with E-state index < -0.39 is 0 Å². The molecule has 0 aliphatic rings. The van der Waals surface area contributed by atoms with Gasteiger partial charge in [0.25, 0.3) is 0 Å². The summed E-state index contributed by atoms with van der Waals surface area (Å²) in [6.45, 7) is 5.10. The lowest BCUT2D eigenvalue weighted by Gasteiger charge is -2.12. The fourth-order valence-corrected chi connectivity index (χ4v) is 2.23. The molecule has 118 valence electrons. The van der Waals surface area contributed by atoms with Crippen LogP contribution in [-0.2, 0) is 6.54 Å². The van der Waals surface area contributed by atoms with Crippen LogP contribution in [0.2, 0.25) is 10.0 Å². The van der Waals surface area contributed by atoms with Gasteiger partial charge in [-0.1, -0.05) is 49.2 Å². The molecule has 1 heterocycles. The normalized spacial score (nSPS) is 10.8. The van der Waals surface area contributed by atoms with Crippen molar-refractivity contribution >= 4 is 35.1 Å². The van der Waals surface area contributed by atoms with E-state index in [-0.39, 0.29) is 6.03 Å². The topological polar surface area (TPSA) is 59.0 Å². The molecule has 0 atom stereocenters. The number of hydrogen-bond acceptors (Lipinski definition) is 2. The van der Waals surface area contributed by atoms with Gasteiger partial charge in [0, 0.05) is 12.6 Å². The van der Waals surface area contributed by atoms with E-state index in [0.717, 1.165) is 5.56 Å². The first-order valence-corrected chi connectivity index (χ1v) is 7.72. The second-order valence-corrected chi connectivity index (χ2v) is 6.10. The summed E-state index contributed by atoms with van der Waals surface area (Å²) in [7, 11) is 0. The van der Waals surface area contributed by atoms with Crippen molar-refractivity contribution in [1.29, 1.82) is 0 Å². The van der Waals surface area contributed by atoms with E-state index in [1.54, 1.807) is 23.0 Å². The van der Waals surface area contributed by atoms with E-state index in [1.807, 2.05) is 26.0 Å². The molecule has 0 radical (unpaired) electrons. The Morgan fingerprint density at radius 3 is 2.82 bits per heavy atom. The lowest BCUT2D eigenvalue weighted by molar-refractivity contribution is 0.250. The fraction of sp³-hybridized carbons (Fsp3) is 0.333. The second kappa shape index (κ2) is 7.51. The molecule has 1 aromatic heterocycles. The summed E-state index contributed by atoms with van der Waals surface area (Å²) in [4.78, 5) is 11.8. The molecule has 2 aromatic rings. The van der Waals surface area contributed by atoms with Gasteiger partial charge in [0.15, 0.2) is 0 Å². The van der Waals surface area contributed by atoms with Crippen LogP contribution < -0.4 is 10.6 Å². The van der Waals surface area contributed by atoms with E-state index in [9.17, 15) is 4.79 Å². The molecule has 0 bridgehead atoms. The third kappa shape index (κ3) is 4.39. The summed E-state index contributed by atoms with van der Waals surface area (Å²) in [5.74, 6) is 0.984. The summed E-state index contributed by atoms with van der Waals surface area (Å²) in [5.41, 5.74) is 0.837. The first kappa shape index (κ1) is 16.6. The molecule has 2 rings (SSSR count). The predicted molar refractivity (Wildman–Crippen MR) is 89.7 cm³/mol. The lowest BCUT2D eigenvalue weighted by atomic mass is 10.2. The highest BCUT2D eigenvalue weighted by Gasteiger charge is 2.10. The van der Waals surface area contributed by atoms with Crippen LogP contribution in [0.25, 0.3) is 0 Å². The number of amides is 2. The van der Waals surface area contributed by atoms with E-state index in [2.05, 4.69) is 15.7 Å². The number of carbonyl (C=O) groups is 1. The van der Waals surface area contributed by atoms with Crippen molar-refractivity contribution in [3.63, 3.8) is 0 Å². The van der Waals surface area contributed by atoms with Crippen molar-refractivity contribution in [3.05, 3.63) is 46.1 Å². The Morgan fingerprint density at radius 1 is 1.32 bits per heavy atom. The minimum absolute atomic E-state index is 0.257. The molecule has 5 nitrogen and oxygen atoms in total. The van der Waals surface area contributed by atoms with Crippen LogP contribution in [-0.4, -0.2) is 22.4 Å². The average Bonchev–Trinajstić information content (AvgIpc) is 2.89. The van der Waals surface area contributed by atoms with Gasteiger partial charge in [-0.3, -0.25) is 5.32 Å². The largest absolute Gasteiger partial charge is 0.338 e. The van der Waals surface area contributed by atoms with Crippen LogP contribution >= 0.6 is 23.2 Å². The molecule has 1 aromatic carbocycles. The highest BCUT2D eigenvalue weighted by atomic mass is 35.5. The van der Waals surface area contributed by atoms with Gasteiger partial charge in [-0.05, 0) is 17.5 Å². The lowest BCUT2D eigenvalue weighted by Crippen LogP contribution is -2.32. The Kier molecular flexibility index (Phi) is 5.69. The molecule has 2 amide bonds. The SMILES string of the molecule is CC(C)CNC(=O)Nc1ccnn1Cc1cccc(Cl)c1Cl. The molecule has 22 heavy (non-hydrogen) atoms. The predicted octanol–water partition coefficient (Wildman–Crippen LogP) is 4.02. The van der Waals surface area contributed by atoms with Gasteiger partial charge in [-0.25, -0.2) is 9.48 Å². The maximum atomic E-state index is 11.8. The molecule has 0 saturated carbocycles. The first-order chi connectivity index (χ1) is 10.5. The van der Waals surface area contributed by atoms with Crippen molar-refractivity contribution in [2.75, 3.05) is 11.9 Å². The zero-order valence-electron chi connectivity index (χ0n) is 12.4. The zero-order valence-corrected chi connectivity index (χ0v) is 13.9. The summed E-state index contributed by atoms with van der Waals surface area (Å²) >= 11 is 12.2. The zero-order chi connectivity index (χ0) is 16.1. The van der Waals surface area contributed by atoms with Gasteiger partial charge >= 0.3 is 6.03 Å². The molecule has 0 aliphatic heterocycles. The Hall–Kier alpha value is -1.72. The number of benzene rings is 1. The second-order valence-electron chi connectivity index (χ2n) is 5.32. The van der Waals surface area contributed by atoms with E-state index in [1.165, 1.54) is 0 Å². The van der Waals surface area contributed by atoms with E-state index in [0.29, 0.717) is 34.9 Å². The Labute approximate surface area is 139 Å². The number of nitrogens with one attached hydrogen (secondary N) is 2. The summed E-state index contributed by atoms with van der Waals surface area (Å²) in [5, 5.41) is 10.8. The minimum atomic E-state index is -0.257. The van der Waals surface area contributed by atoms with E-state index in [4.69, 9.17) is 23.2 Å². The van der Waals surface area contributed by atoms with Gasteiger partial charge < -0.3 is 5.32 Å². The number of anilines is 1. The number of rotatable bonds is 5. The number of halogens is 2. The third-order valence-electron chi connectivity index (χ3n) is 2.98. The first-order valence-electron chi connectivity index (χ1n) is 6.97. The van der Waals surface area contributed by atoms with E-state index >= 15 is 0 Å². The highest BCUT2D eigenvalue weighted by Crippen LogP contribution is 2.26. The summed E-state index contributed by atoms with van der Waals surface area (Å²) in [6.07, 6.45) is 1.62. The van der Waals surface area contributed by atoms with Crippen LogP contribution in [0.15, 0.2) is 30.5 Å². The number of carbonyl (C=O) groups excluding carboxylic acids is 1. The Bertz CT molecular complexity index is 655. The van der Waals surface area contributed by atoms with Crippen LogP contribution in [0.3, 0.4) is 0 Å². The van der Waals surface area contributed by atoms with Crippen LogP contribution in [0.5, 0.6) is 0 Å². The Morgan fingerprint density at radius 2 is 2.09 bits per heavy atom. The number of urea groups is 1. The molecule has 0 fully saturated rings. The molecule has 0 unspecified atom stereocenters. The van der Waals surface area contributed by atoms with Crippen molar-refractivity contribution in [3.8, 4) is 0 Å². The average molecular weight is 341 g/mol. The van der Waals surface area contributed by atoms with Crippen LogP contribution in [0, 0.1) is 5.92 Å². The summed E-state index contributed by atoms with van der Waals surface area (Å²) < 4.78 is 1.66. The van der Waals surface area contributed by atoms with Gasteiger partial charge in [-0.2, -0.15) is 5.10 Å². The third-order valence-corrected chi connectivity index (χ3v) is 3.84. The maximum absolute atomic E-state index is 11.8. The number of hydrogen-bond donors (Lipinski definition) is 2. The molecular weight excluding hydrogens is 323 g/mol. The van der Waals surface area contributed by atoms with Crippen LogP contribution in [0.1, 0.15) is 19.4 Å². The molecule has 0 aliphatic carbocycles. The molecule has 0 saturated heterocycles. The molecular formula is C15H18Cl2N4O. The number of aromatic nitrogens is 2. The van der Waals surface area contributed by atoms with Crippen molar-refractivity contribution in [2.24, 2.45) is 5.92 Å². The molecule has 2 N–H and O–H groups in total. The van der Waals surface area contributed by atoms with Crippen molar-refractivity contribution in [1.82, 2.24) is 15.1 Å². The highest BCUT2D eigenvalue weighted by molar-refractivity contribution is 6.42. The maximum Gasteiger partial charge on any atom is 0.320 e. The molecule has 0 spiro atoms. The smallest absolute Gasteiger partial charge is 0.320 e. The van der Waals surface area contributed by atoms with Gasteiger partial charge in [0.1, 0.15) is 5.82 Å². The number of nitrogens with zero attached hydrogens (tertiary/aromatic N) is 2. The van der Waals surface area contributed by atoms with Gasteiger partial charge in [-0.15, -0.1) is 0 Å². The monoisotopic (exact) mass is 340 g/mol. The quantitative estimate of drug-likeness (QED) is 0.863. The fourth-order valence-electron chi connectivity index (χ4n) is 1.85. The van der Waals surface area contributed by atoms with Gasteiger partial charge in [0.2, 0.25) is 0 Å². The standard InChI is InChI=1S/C15H18Cl2N4O/c1-10(2)8-18-15(22)20-13-6-7-19-21(13)9-11-4-3-5-12(16)14(11)17/h3-7,10H,8-9H2,1-2H3,(H2,18,20,22). The van der Waals surface area contributed by atoms with Gasteiger partial charge in [0.05, 0.1) is 22.8 Å². The van der Waals surface area contributed by atoms with Crippen molar-refractivity contribution in [2.45, 2.75) is 20.4 Å². The minimum Gasteiger partial charge on any atom is -0.338 e.